The summed E-state index contributed by atoms with van der Waals surface area (Å²) >= 11 is 0. The molecule has 0 atom stereocenters. The van der Waals surface area contributed by atoms with Crippen LogP contribution in [-0.4, -0.2) is 45.0 Å². The summed E-state index contributed by atoms with van der Waals surface area (Å²) < 4.78 is 14.9. The Bertz CT molecular complexity index is 785. The molecule has 0 unspecified atom stereocenters. The first-order valence-electron chi connectivity index (χ1n) is 7.78. The number of Topliss-reactive ketones (excluding diaryl/α,β-unsaturated/α-hetero) is 1. The fraction of sp³-hybridized carbons (Fsp3) is 0.211. The summed E-state index contributed by atoms with van der Waals surface area (Å²) in [6, 6.07) is 13.0. The van der Waals surface area contributed by atoms with Gasteiger partial charge < -0.3 is 19.5 Å². The molecule has 0 aliphatic heterocycles. The second-order valence-electron chi connectivity index (χ2n) is 5.23. The minimum atomic E-state index is -0.705. The Morgan fingerprint density at radius 2 is 1.58 bits per heavy atom. The van der Waals surface area contributed by atoms with Crippen LogP contribution in [-0.2, 0) is 9.53 Å². The van der Waals surface area contributed by atoms with Gasteiger partial charge in [-0.1, -0.05) is 12.1 Å². The minimum Gasteiger partial charge on any atom is -0.497 e. The summed E-state index contributed by atoms with van der Waals surface area (Å²) in [5.41, 5.74) is 0.755. The molecular formula is C19H19NO6. The summed E-state index contributed by atoms with van der Waals surface area (Å²) in [7, 11) is 3.02. The monoisotopic (exact) mass is 357 g/mol. The van der Waals surface area contributed by atoms with Gasteiger partial charge in [0.15, 0.2) is 12.4 Å². The van der Waals surface area contributed by atoms with E-state index in [0.717, 1.165) is 0 Å². The van der Waals surface area contributed by atoms with Crippen molar-refractivity contribution in [2.45, 2.75) is 0 Å². The van der Waals surface area contributed by atoms with E-state index in [2.05, 4.69) is 5.32 Å². The minimum absolute atomic E-state index is 0.337. The maximum absolute atomic E-state index is 12.0. The third kappa shape index (κ3) is 5.34. The van der Waals surface area contributed by atoms with Gasteiger partial charge in [-0.3, -0.25) is 14.4 Å². The summed E-state index contributed by atoms with van der Waals surface area (Å²) in [5, 5.41) is 2.43. The van der Waals surface area contributed by atoms with Crippen molar-refractivity contribution in [2.75, 3.05) is 27.4 Å². The van der Waals surface area contributed by atoms with E-state index in [-0.39, 0.29) is 12.3 Å². The van der Waals surface area contributed by atoms with Crippen molar-refractivity contribution in [2.24, 2.45) is 0 Å². The Labute approximate surface area is 150 Å². The van der Waals surface area contributed by atoms with Crippen molar-refractivity contribution in [1.82, 2.24) is 5.32 Å². The predicted octanol–water partition coefficient (Wildman–Crippen LogP) is 1.86. The Kier molecular flexibility index (Phi) is 6.73. The molecule has 1 amide bonds. The van der Waals surface area contributed by atoms with Crippen LogP contribution in [0.4, 0.5) is 0 Å². The summed E-state index contributed by atoms with van der Waals surface area (Å²) in [6.45, 7) is -0.749. The summed E-state index contributed by atoms with van der Waals surface area (Å²) in [5.74, 6) is -0.337. The first-order valence-corrected chi connectivity index (χ1v) is 7.78. The average molecular weight is 357 g/mol. The van der Waals surface area contributed by atoms with Gasteiger partial charge in [-0.15, -0.1) is 0 Å². The van der Waals surface area contributed by atoms with Gasteiger partial charge in [-0.25, -0.2) is 0 Å². The number of carbonyl (C=O) groups is 3. The number of esters is 1. The number of hydrogen-bond acceptors (Lipinski definition) is 6. The number of nitrogens with one attached hydrogen (secondary N) is 1. The molecule has 0 bridgehead atoms. The number of rotatable bonds is 8. The highest BCUT2D eigenvalue weighted by atomic mass is 16.5. The van der Waals surface area contributed by atoms with Gasteiger partial charge >= 0.3 is 5.97 Å². The summed E-state index contributed by atoms with van der Waals surface area (Å²) in [4.78, 5) is 35.6. The van der Waals surface area contributed by atoms with E-state index in [1.165, 1.54) is 14.2 Å². The van der Waals surface area contributed by atoms with Gasteiger partial charge in [0, 0.05) is 11.1 Å². The van der Waals surface area contributed by atoms with E-state index < -0.39 is 18.5 Å². The molecule has 0 aromatic heterocycles. The van der Waals surface area contributed by atoms with Gasteiger partial charge in [-0.05, 0) is 36.4 Å². The van der Waals surface area contributed by atoms with Crippen molar-refractivity contribution in [1.29, 1.82) is 0 Å². The van der Waals surface area contributed by atoms with Crippen LogP contribution in [0.15, 0.2) is 48.5 Å². The molecule has 2 rings (SSSR count). The van der Waals surface area contributed by atoms with Crippen molar-refractivity contribution >= 4 is 17.7 Å². The zero-order valence-electron chi connectivity index (χ0n) is 14.5. The molecule has 0 fully saturated rings. The fourth-order valence-corrected chi connectivity index (χ4v) is 2.07. The highest BCUT2D eigenvalue weighted by molar-refractivity contribution is 5.99. The second kappa shape index (κ2) is 9.22. The molecule has 2 aromatic carbocycles. The molecule has 0 saturated carbocycles. The maximum Gasteiger partial charge on any atom is 0.325 e. The first kappa shape index (κ1) is 19.0. The number of ketones is 1. The molecule has 2 aromatic rings. The number of hydrogen-bond donors (Lipinski definition) is 1. The molecule has 7 heteroatoms. The lowest BCUT2D eigenvalue weighted by Crippen LogP contribution is -2.31. The lowest BCUT2D eigenvalue weighted by molar-refractivity contribution is -0.141. The van der Waals surface area contributed by atoms with Crippen molar-refractivity contribution < 1.29 is 28.6 Å². The Hall–Kier alpha value is -3.35. The van der Waals surface area contributed by atoms with E-state index >= 15 is 0 Å². The van der Waals surface area contributed by atoms with Crippen LogP contribution in [0.5, 0.6) is 11.5 Å². The van der Waals surface area contributed by atoms with E-state index in [9.17, 15) is 14.4 Å². The van der Waals surface area contributed by atoms with E-state index in [4.69, 9.17) is 14.2 Å². The smallest absolute Gasteiger partial charge is 0.325 e. The zero-order valence-corrected chi connectivity index (χ0v) is 14.5. The fourth-order valence-electron chi connectivity index (χ4n) is 2.07. The normalized spacial score (nSPS) is 9.92. The third-order valence-electron chi connectivity index (χ3n) is 3.50. The molecule has 0 saturated heterocycles. The van der Waals surface area contributed by atoms with E-state index in [1.807, 2.05) is 0 Å². The predicted molar refractivity (Wildman–Crippen MR) is 93.6 cm³/mol. The van der Waals surface area contributed by atoms with Crippen LogP contribution in [0.1, 0.15) is 20.7 Å². The topological polar surface area (TPSA) is 90.9 Å². The van der Waals surface area contributed by atoms with Gasteiger partial charge in [0.25, 0.3) is 5.91 Å². The van der Waals surface area contributed by atoms with Crippen molar-refractivity contribution in [3.8, 4) is 11.5 Å². The number of methoxy groups -OCH3 is 2. The number of benzene rings is 2. The highest BCUT2D eigenvalue weighted by Gasteiger charge is 2.12. The zero-order chi connectivity index (χ0) is 18.9. The van der Waals surface area contributed by atoms with Crippen LogP contribution in [0.25, 0.3) is 0 Å². The number of carbonyl (C=O) groups excluding carboxylic acids is 3. The quantitative estimate of drug-likeness (QED) is 0.573. The van der Waals surface area contributed by atoms with Crippen LogP contribution < -0.4 is 14.8 Å². The van der Waals surface area contributed by atoms with E-state index in [1.54, 1.807) is 48.5 Å². The second-order valence-corrected chi connectivity index (χ2v) is 5.23. The van der Waals surface area contributed by atoms with Gasteiger partial charge in [-0.2, -0.15) is 0 Å². The molecule has 0 heterocycles. The Balaban J connectivity index is 1.79. The molecule has 0 aliphatic carbocycles. The lowest BCUT2D eigenvalue weighted by atomic mass is 10.1. The number of amides is 1. The maximum atomic E-state index is 12.0. The van der Waals surface area contributed by atoms with Gasteiger partial charge in [0.1, 0.15) is 18.0 Å². The molecular weight excluding hydrogens is 338 g/mol. The largest absolute Gasteiger partial charge is 0.497 e. The van der Waals surface area contributed by atoms with Crippen molar-refractivity contribution in [3.63, 3.8) is 0 Å². The molecule has 0 spiro atoms. The molecule has 136 valence electrons. The molecule has 1 N–H and O–H groups in total. The SMILES string of the molecule is COc1ccc(C(=O)NCC(=O)OCC(=O)c2cccc(OC)c2)cc1. The van der Waals surface area contributed by atoms with Crippen LogP contribution >= 0.6 is 0 Å². The Morgan fingerprint density at radius 1 is 0.885 bits per heavy atom. The number of ether oxygens (including phenoxy) is 3. The van der Waals surface area contributed by atoms with Crippen LogP contribution in [0.2, 0.25) is 0 Å². The average Bonchev–Trinajstić information content (AvgIpc) is 2.70. The molecule has 0 radical (unpaired) electrons. The first-order chi connectivity index (χ1) is 12.5. The standard InChI is InChI=1S/C19H19NO6/c1-24-15-8-6-13(7-9-15)19(23)20-11-18(22)26-12-17(21)14-4-3-5-16(10-14)25-2/h3-10H,11-12H2,1-2H3,(H,20,23). The van der Waals surface area contributed by atoms with Gasteiger partial charge in [0.05, 0.1) is 14.2 Å². The van der Waals surface area contributed by atoms with Crippen molar-refractivity contribution in [3.05, 3.63) is 59.7 Å². The Morgan fingerprint density at radius 3 is 2.23 bits per heavy atom. The highest BCUT2D eigenvalue weighted by Crippen LogP contribution is 2.13. The summed E-state index contributed by atoms with van der Waals surface area (Å²) in [6.07, 6.45) is 0. The van der Waals surface area contributed by atoms with E-state index in [0.29, 0.717) is 22.6 Å². The molecule has 7 nitrogen and oxygen atoms in total. The van der Waals surface area contributed by atoms with Crippen LogP contribution in [0.3, 0.4) is 0 Å². The molecule has 0 aliphatic rings. The lowest BCUT2D eigenvalue weighted by Gasteiger charge is -2.07. The van der Waals surface area contributed by atoms with Gasteiger partial charge in [0.2, 0.25) is 0 Å². The van der Waals surface area contributed by atoms with Crippen LogP contribution in [0, 0.1) is 0 Å². The molecule has 26 heavy (non-hydrogen) atoms. The third-order valence-corrected chi connectivity index (χ3v) is 3.50.